The van der Waals surface area contributed by atoms with E-state index in [1.54, 1.807) is 13.2 Å². The second kappa shape index (κ2) is 7.35. The van der Waals surface area contributed by atoms with Crippen LogP contribution in [0.5, 0.6) is 11.9 Å². The summed E-state index contributed by atoms with van der Waals surface area (Å²) in [6, 6.07) is 8.10. The van der Waals surface area contributed by atoms with Gasteiger partial charge in [-0.15, -0.1) is 0 Å². The van der Waals surface area contributed by atoms with Gasteiger partial charge >= 0.3 is 6.01 Å². The van der Waals surface area contributed by atoms with Crippen molar-refractivity contribution < 1.29 is 9.47 Å². The van der Waals surface area contributed by atoms with Gasteiger partial charge in [0, 0.05) is 5.56 Å². The van der Waals surface area contributed by atoms with Crippen molar-refractivity contribution in [3.8, 4) is 18.0 Å². The first-order valence-electron chi connectivity index (χ1n) is 7.67. The van der Waals surface area contributed by atoms with E-state index in [4.69, 9.17) is 17.3 Å². The molecule has 2 radical (unpaired) electrons. The number of ether oxygens (including phenoxy) is 2. The van der Waals surface area contributed by atoms with Crippen LogP contribution in [0.25, 0.3) is 0 Å². The minimum absolute atomic E-state index is 0.0823. The average molecular weight is 321 g/mol. The summed E-state index contributed by atoms with van der Waals surface area (Å²) >= 11 is 0. The minimum atomic E-state index is -0.588. The number of nitrogens with zero attached hydrogens (tertiary/aromatic N) is 3. The van der Waals surface area contributed by atoms with E-state index in [1.807, 2.05) is 32.9 Å². The molecule has 1 aromatic heterocycles. The zero-order chi connectivity index (χ0) is 17.9. The Kier molecular flexibility index (Phi) is 5.45. The number of aryl methyl sites for hydroxylation is 1. The van der Waals surface area contributed by atoms with Crippen LogP contribution in [0.1, 0.15) is 48.1 Å². The summed E-state index contributed by atoms with van der Waals surface area (Å²) in [7, 11) is 8.98. The summed E-state index contributed by atoms with van der Waals surface area (Å²) in [6.45, 7) is 5.96. The topological polar surface area (TPSA) is 68.0 Å². The molecule has 1 unspecified atom stereocenters. The van der Waals surface area contributed by atoms with Gasteiger partial charge in [0.05, 0.1) is 26.0 Å². The van der Waals surface area contributed by atoms with Gasteiger partial charge in [-0.2, -0.15) is 15.2 Å². The molecule has 2 aromatic rings. The molecule has 24 heavy (non-hydrogen) atoms. The molecule has 5 nitrogen and oxygen atoms in total. The Morgan fingerprint density at radius 1 is 1.12 bits per heavy atom. The van der Waals surface area contributed by atoms with Gasteiger partial charge in [-0.1, -0.05) is 43.1 Å². The van der Waals surface area contributed by atoms with Gasteiger partial charge in [0.25, 0.3) is 0 Å². The summed E-state index contributed by atoms with van der Waals surface area (Å²) in [5, 5.41) is 9.82. The fraction of sp³-hybridized carbons (Fsp3) is 0.389. The molecule has 0 N–H and O–H groups in total. The lowest BCUT2D eigenvalue weighted by atomic mass is 9.85. The number of benzene rings is 1. The van der Waals surface area contributed by atoms with E-state index < -0.39 is 5.92 Å². The summed E-state index contributed by atoms with van der Waals surface area (Å²) in [4.78, 5) is 8.70. The predicted molar refractivity (Wildman–Crippen MR) is 93.2 cm³/mol. The maximum Gasteiger partial charge on any atom is 0.319 e. The highest BCUT2D eigenvalue weighted by Crippen LogP contribution is 2.35. The molecule has 0 aliphatic heterocycles. The number of aromatic nitrogens is 2. The Hall–Kier alpha value is -2.55. The first kappa shape index (κ1) is 17.8. The van der Waals surface area contributed by atoms with Gasteiger partial charge in [0.2, 0.25) is 5.88 Å². The minimum Gasteiger partial charge on any atom is -0.481 e. The van der Waals surface area contributed by atoms with Gasteiger partial charge in [0.15, 0.2) is 0 Å². The summed E-state index contributed by atoms with van der Waals surface area (Å²) in [6.07, 6.45) is 0. The third-order valence-electron chi connectivity index (χ3n) is 3.73. The lowest BCUT2D eigenvalue weighted by Gasteiger charge is -2.20. The molecule has 0 aliphatic rings. The lowest BCUT2D eigenvalue weighted by Crippen LogP contribution is -2.14. The SMILES string of the molecule is [B]c1cc(C)cc(C(C#N)c2nc(OC)nc(OC)c2C(C)C)c1. The molecular weight excluding hydrogens is 301 g/mol. The molecule has 2 rings (SSSR count). The molecule has 1 aromatic carbocycles. The Morgan fingerprint density at radius 3 is 2.33 bits per heavy atom. The zero-order valence-corrected chi connectivity index (χ0v) is 14.6. The van der Waals surface area contributed by atoms with E-state index in [0.29, 0.717) is 17.0 Å². The molecule has 1 heterocycles. The molecule has 0 aliphatic carbocycles. The van der Waals surface area contributed by atoms with Crippen molar-refractivity contribution in [2.24, 2.45) is 0 Å². The Labute approximate surface area is 144 Å². The number of hydrogen-bond acceptors (Lipinski definition) is 5. The highest BCUT2D eigenvalue weighted by molar-refractivity contribution is 6.32. The van der Waals surface area contributed by atoms with Crippen LogP contribution in [-0.2, 0) is 0 Å². The van der Waals surface area contributed by atoms with Crippen molar-refractivity contribution in [2.75, 3.05) is 14.2 Å². The Bertz CT molecular complexity index is 764. The number of rotatable bonds is 5. The molecular formula is C18H20BN3O2. The second-order valence-corrected chi connectivity index (χ2v) is 5.91. The first-order valence-corrected chi connectivity index (χ1v) is 7.67. The van der Waals surface area contributed by atoms with Gasteiger partial charge in [-0.25, -0.2) is 0 Å². The number of hydrogen-bond donors (Lipinski definition) is 0. The standard InChI is InChI=1S/C18H20BN3O2/c1-10(2)15-16(21-18(24-5)22-17(15)23-4)14(9-20)12-6-11(3)7-13(19)8-12/h6-8,10,14H,1-5H3. The molecule has 0 amide bonds. The molecule has 0 saturated heterocycles. The number of nitriles is 1. The van der Waals surface area contributed by atoms with Crippen molar-refractivity contribution in [3.05, 3.63) is 40.6 Å². The van der Waals surface area contributed by atoms with E-state index in [9.17, 15) is 5.26 Å². The second-order valence-electron chi connectivity index (χ2n) is 5.91. The average Bonchev–Trinajstić information content (AvgIpc) is 2.53. The predicted octanol–water partition coefficient (Wildman–Crippen LogP) is 2.37. The molecule has 0 saturated carbocycles. The third kappa shape index (κ3) is 3.51. The normalized spacial score (nSPS) is 11.9. The van der Waals surface area contributed by atoms with Crippen molar-refractivity contribution in [3.63, 3.8) is 0 Å². The van der Waals surface area contributed by atoms with Gasteiger partial charge in [0.1, 0.15) is 13.8 Å². The highest BCUT2D eigenvalue weighted by atomic mass is 16.5. The summed E-state index contributed by atoms with van der Waals surface area (Å²) in [5.41, 5.74) is 3.78. The van der Waals surface area contributed by atoms with Crippen LogP contribution in [0, 0.1) is 18.3 Å². The van der Waals surface area contributed by atoms with Crippen molar-refractivity contribution in [2.45, 2.75) is 32.6 Å². The third-order valence-corrected chi connectivity index (χ3v) is 3.73. The van der Waals surface area contributed by atoms with E-state index in [2.05, 4.69) is 16.0 Å². The fourth-order valence-corrected chi connectivity index (χ4v) is 2.76. The van der Waals surface area contributed by atoms with Crippen LogP contribution in [-0.4, -0.2) is 32.0 Å². The van der Waals surface area contributed by atoms with Crippen molar-refractivity contribution >= 4 is 13.3 Å². The van der Waals surface area contributed by atoms with Crippen LogP contribution < -0.4 is 14.9 Å². The van der Waals surface area contributed by atoms with Gasteiger partial charge in [-0.05, 0) is 18.4 Å². The highest BCUT2D eigenvalue weighted by Gasteiger charge is 2.26. The van der Waals surface area contributed by atoms with E-state index in [0.717, 1.165) is 16.7 Å². The fourth-order valence-electron chi connectivity index (χ4n) is 2.76. The van der Waals surface area contributed by atoms with Crippen LogP contribution in [0.2, 0.25) is 0 Å². The molecule has 1 atom stereocenters. The van der Waals surface area contributed by atoms with E-state index in [-0.39, 0.29) is 11.9 Å². The summed E-state index contributed by atoms with van der Waals surface area (Å²) in [5.74, 6) is -0.0815. The monoisotopic (exact) mass is 321 g/mol. The summed E-state index contributed by atoms with van der Waals surface area (Å²) < 4.78 is 10.6. The Balaban J connectivity index is 2.73. The molecule has 0 fully saturated rings. The zero-order valence-electron chi connectivity index (χ0n) is 14.6. The maximum absolute atomic E-state index is 9.82. The Morgan fingerprint density at radius 2 is 1.83 bits per heavy atom. The molecule has 0 bridgehead atoms. The molecule has 6 heteroatoms. The van der Waals surface area contributed by atoms with Crippen molar-refractivity contribution in [1.29, 1.82) is 5.26 Å². The quantitative estimate of drug-likeness (QED) is 0.791. The van der Waals surface area contributed by atoms with E-state index >= 15 is 0 Å². The van der Waals surface area contributed by atoms with Crippen molar-refractivity contribution in [1.82, 2.24) is 9.97 Å². The lowest BCUT2D eigenvalue weighted by molar-refractivity contribution is 0.345. The van der Waals surface area contributed by atoms with Crippen LogP contribution in [0.15, 0.2) is 18.2 Å². The van der Waals surface area contributed by atoms with Gasteiger partial charge in [-0.3, -0.25) is 0 Å². The van der Waals surface area contributed by atoms with Crippen LogP contribution >= 0.6 is 0 Å². The van der Waals surface area contributed by atoms with Gasteiger partial charge < -0.3 is 9.47 Å². The maximum atomic E-state index is 9.82. The largest absolute Gasteiger partial charge is 0.481 e. The molecule has 122 valence electrons. The molecule has 0 spiro atoms. The van der Waals surface area contributed by atoms with Crippen LogP contribution in [0.4, 0.5) is 0 Å². The first-order chi connectivity index (χ1) is 11.4. The van der Waals surface area contributed by atoms with E-state index in [1.165, 1.54) is 7.11 Å². The smallest absolute Gasteiger partial charge is 0.319 e. The van der Waals surface area contributed by atoms with Crippen LogP contribution in [0.3, 0.4) is 0 Å². The number of methoxy groups -OCH3 is 2.